The molecule has 7 nitrogen and oxygen atoms in total. The van der Waals surface area contributed by atoms with Gasteiger partial charge in [-0.2, -0.15) is 5.26 Å². The molecule has 3 aromatic rings. The van der Waals surface area contributed by atoms with Gasteiger partial charge in [0.1, 0.15) is 24.3 Å². The Kier molecular flexibility index (Phi) is 5.50. The summed E-state index contributed by atoms with van der Waals surface area (Å²) in [5.41, 5.74) is 1.70. The highest BCUT2D eigenvalue weighted by molar-refractivity contribution is 6.33. The minimum absolute atomic E-state index is 0.0943. The van der Waals surface area contributed by atoms with Crippen LogP contribution in [-0.4, -0.2) is 11.1 Å². The van der Waals surface area contributed by atoms with Crippen LogP contribution in [0.25, 0.3) is 11.3 Å². The number of benzene rings is 2. The zero-order chi connectivity index (χ0) is 19.2. The minimum atomic E-state index is -0.516. The summed E-state index contributed by atoms with van der Waals surface area (Å²) in [6.07, 6.45) is 1.39. The van der Waals surface area contributed by atoms with Crippen LogP contribution in [0.4, 0.5) is 5.69 Å². The van der Waals surface area contributed by atoms with E-state index in [4.69, 9.17) is 26.1 Å². The highest BCUT2D eigenvalue weighted by Gasteiger charge is 2.13. The Hall–Kier alpha value is -3.63. The number of furan rings is 1. The summed E-state index contributed by atoms with van der Waals surface area (Å²) in [7, 11) is 0. The summed E-state index contributed by atoms with van der Waals surface area (Å²) < 4.78 is 5.61. The van der Waals surface area contributed by atoms with Crippen molar-refractivity contribution >= 4 is 23.5 Å². The number of nitro benzene ring substituents is 1. The summed E-state index contributed by atoms with van der Waals surface area (Å²) in [5.74, 6) is 0.874. The fourth-order valence-corrected chi connectivity index (χ4v) is 2.60. The van der Waals surface area contributed by atoms with E-state index in [1.54, 1.807) is 30.3 Å². The van der Waals surface area contributed by atoms with E-state index in [1.165, 1.54) is 24.4 Å². The molecular weight excluding hydrogens is 370 g/mol. The van der Waals surface area contributed by atoms with E-state index in [9.17, 15) is 10.1 Å². The maximum atomic E-state index is 10.8. The predicted octanol–water partition coefficient (Wildman–Crippen LogP) is 4.93. The number of hydrogen-bond donors (Lipinski definition) is 0. The van der Waals surface area contributed by atoms with E-state index >= 15 is 0 Å². The third kappa shape index (κ3) is 4.32. The van der Waals surface area contributed by atoms with Crippen LogP contribution in [0, 0.1) is 21.4 Å². The first-order valence-electron chi connectivity index (χ1n) is 7.76. The molecule has 0 saturated carbocycles. The Morgan fingerprint density at radius 3 is 2.81 bits per heavy atom. The molecule has 8 heteroatoms. The lowest BCUT2D eigenvalue weighted by molar-refractivity contribution is -0.384. The maximum absolute atomic E-state index is 10.8. The van der Waals surface area contributed by atoms with E-state index in [2.05, 4.69) is 11.2 Å². The molecule has 3 rings (SSSR count). The van der Waals surface area contributed by atoms with Gasteiger partial charge in [-0.1, -0.05) is 35.0 Å². The molecule has 0 atom stereocenters. The van der Waals surface area contributed by atoms with Crippen LogP contribution >= 0.6 is 11.6 Å². The highest BCUT2D eigenvalue weighted by Crippen LogP contribution is 2.32. The first-order valence-corrected chi connectivity index (χ1v) is 8.14. The lowest BCUT2D eigenvalue weighted by atomic mass is 10.1. The Labute approximate surface area is 159 Å². The molecule has 1 heterocycles. The van der Waals surface area contributed by atoms with Crippen LogP contribution in [0.2, 0.25) is 5.02 Å². The third-order valence-electron chi connectivity index (χ3n) is 3.67. The maximum Gasteiger partial charge on any atom is 0.270 e. The Morgan fingerprint density at radius 1 is 1.26 bits per heavy atom. The van der Waals surface area contributed by atoms with Crippen molar-refractivity contribution in [2.75, 3.05) is 0 Å². The first-order chi connectivity index (χ1) is 13.1. The average Bonchev–Trinajstić information content (AvgIpc) is 3.14. The van der Waals surface area contributed by atoms with E-state index in [0.717, 1.165) is 5.56 Å². The van der Waals surface area contributed by atoms with Gasteiger partial charge in [0.2, 0.25) is 0 Å². The van der Waals surface area contributed by atoms with Crippen LogP contribution in [0.1, 0.15) is 16.9 Å². The Balaban J connectivity index is 1.67. The summed E-state index contributed by atoms with van der Waals surface area (Å²) in [4.78, 5) is 15.5. The lowest BCUT2D eigenvalue weighted by Gasteiger charge is -2.01. The van der Waals surface area contributed by atoms with Gasteiger partial charge in [-0.15, -0.1) is 0 Å². The summed E-state index contributed by atoms with van der Waals surface area (Å²) in [5, 5.41) is 23.8. The van der Waals surface area contributed by atoms with Crippen molar-refractivity contribution in [2.45, 2.75) is 6.61 Å². The smallest absolute Gasteiger partial charge is 0.270 e. The molecule has 134 valence electrons. The van der Waals surface area contributed by atoms with Crippen LogP contribution < -0.4 is 0 Å². The summed E-state index contributed by atoms with van der Waals surface area (Å²) in [6.45, 7) is 0.155. The molecule has 0 amide bonds. The van der Waals surface area contributed by atoms with Gasteiger partial charge >= 0.3 is 0 Å². The van der Waals surface area contributed by atoms with Gasteiger partial charge in [0, 0.05) is 23.3 Å². The number of nitrogens with zero attached hydrogens (tertiary/aromatic N) is 3. The Morgan fingerprint density at radius 2 is 2.07 bits per heavy atom. The monoisotopic (exact) mass is 381 g/mol. The van der Waals surface area contributed by atoms with Crippen LogP contribution in [0.3, 0.4) is 0 Å². The van der Waals surface area contributed by atoms with E-state index in [1.807, 2.05) is 6.07 Å². The number of nitro groups is 1. The first kappa shape index (κ1) is 18.2. The second kappa shape index (κ2) is 8.17. The van der Waals surface area contributed by atoms with Crippen molar-refractivity contribution in [1.82, 2.24) is 0 Å². The van der Waals surface area contributed by atoms with E-state index in [0.29, 0.717) is 22.6 Å². The molecule has 27 heavy (non-hydrogen) atoms. The molecule has 0 N–H and O–H groups in total. The van der Waals surface area contributed by atoms with Crippen molar-refractivity contribution in [3.8, 4) is 17.4 Å². The molecule has 0 aliphatic carbocycles. The minimum Gasteiger partial charge on any atom is -0.455 e. The largest absolute Gasteiger partial charge is 0.455 e. The van der Waals surface area contributed by atoms with Gasteiger partial charge in [-0.3, -0.25) is 10.1 Å². The van der Waals surface area contributed by atoms with Crippen molar-refractivity contribution < 1.29 is 14.2 Å². The van der Waals surface area contributed by atoms with Crippen molar-refractivity contribution in [3.63, 3.8) is 0 Å². The van der Waals surface area contributed by atoms with E-state index < -0.39 is 4.92 Å². The standard InChI is InChI=1S/C19H12ClN3O4/c20-18-9-15(23(24)25)5-7-17(18)19-8-6-16(27-19)11-22-26-12-14-4-2-1-3-13(14)10-21/h1-9,11H,12H2/b22-11-. The summed E-state index contributed by atoms with van der Waals surface area (Å²) in [6, 6.07) is 16.7. The molecule has 0 unspecified atom stereocenters. The molecule has 0 aliphatic heterocycles. The second-order valence-corrected chi connectivity index (χ2v) is 5.81. The lowest BCUT2D eigenvalue weighted by Crippen LogP contribution is -1.91. The molecule has 2 aromatic carbocycles. The van der Waals surface area contributed by atoms with Gasteiger partial charge in [0.05, 0.1) is 21.6 Å². The zero-order valence-corrected chi connectivity index (χ0v) is 14.6. The van der Waals surface area contributed by atoms with E-state index in [-0.39, 0.29) is 17.3 Å². The van der Waals surface area contributed by atoms with Gasteiger partial charge < -0.3 is 9.25 Å². The second-order valence-electron chi connectivity index (χ2n) is 5.40. The predicted molar refractivity (Wildman–Crippen MR) is 99.3 cm³/mol. The third-order valence-corrected chi connectivity index (χ3v) is 3.98. The molecular formula is C19H12ClN3O4. The number of non-ortho nitro benzene ring substituents is 1. The number of nitriles is 1. The summed E-state index contributed by atoms with van der Waals surface area (Å²) >= 11 is 6.09. The molecule has 0 spiro atoms. The number of halogens is 1. The van der Waals surface area contributed by atoms with Crippen LogP contribution in [0.5, 0.6) is 0 Å². The number of oxime groups is 1. The van der Waals surface area contributed by atoms with Crippen molar-refractivity contribution in [3.05, 3.63) is 86.6 Å². The molecule has 0 radical (unpaired) electrons. The van der Waals surface area contributed by atoms with Crippen molar-refractivity contribution in [1.29, 1.82) is 5.26 Å². The molecule has 0 bridgehead atoms. The Bertz CT molecular complexity index is 1050. The van der Waals surface area contributed by atoms with Gasteiger partial charge in [-0.25, -0.2) is 0 Å². The fraction of sp³-hybridized carbons (Fsp3) is 0.0526. The normalized spacial score (nSPS) is 10.7. The highest BCUT2D eigenvalue weighted by atomic mass is 35.5. The molecule has 0 aliphatic rings. The van der Waals surface area contributed by atoms with Gasteiger partial charge in [0.25, 0.3) is 5.69 Å². The van der Waals surface area contributed by atoms with Crippen LogP contribution in [0.15, 0.2) is 64.2 Å². The molecule has 0 fully saturated rings. The topological polar surface area (TPSA) is 102 Å². The van der Waals surface area contributed by atoms with Crippen LogP contribution in [-0.2, 0) is 11.4 Å². The average molecular weight is 382 g/mol. The van der Waals surface area contributed by atoms with Crippen molar-refractivity contribution in [2.24, 2.45) is 5.16 Å². The van der Waals surface area contributed by atoms with Gasteiger partial charge in [-0.05, 0) is 24.3 Å². The zero-order valence-electron chi connectivity index (χ0n) is 13.8. The molecule has 1 aromatic heterocycles. The quantitative estimate of drug-likeness (QED) is 0.342. The van der Waals surface area contributed by atoms with Gasteiger partial charge in [0.15, 0.2) is 0 Å². The number of rotatable bonds is 6. The number of hydrogen-bond acceptors (Lipinski definition) is 6. The fourth-order valence-electron chi connectivity index (χ4n) is 2.34. The molecule has 0 saturated heterocycles. The SMILES string of the molecule is N#Cc1ccccc1CO/N=C\c1ccc(-c2ccc([N+](=O)[O-])cc2Cl)o1.